The highest BCUT2D eigenvalue weighted by Gasteiger charge is 2.18. The predicted octanol–water partition coefficient (Wildman–Crippen LogP) is 2.91. The molecule has 0 aliphatic heterocycles. The molecule has 0 spiro atoms. The fourth-order valence-electron chi connectivity index (χ4n) is 2.56. The van der Waals surface area contributed by atoms with E-state index in [9.17, 15) is 9.90 Å². The van der Waals surface area contributed by atoms with Crippen molar-refractivity contribution in [1.82, 2.24) is 9.78 Å². The third-order valence-corrected chi connectivity index (χ3v) is 4.31. The number of aliphatic hydroxyl groups is 1. The normalized spacial score (nSPS) is 12.9. The van der Waals surface area contributed by atoms with Crippen molar-refractivity contribution in [3.05, 3.63) is 57.0 Å². The zero-order chi connectivity index (χ0) is 18.8. The molecule has 1 heterocycles. The third kappa shape index (κ3) is 4.69. The van der Waals surface area contributed by atoms with Crippen LogP contribution in [0, 0.1) is 20.8 Å². The lowest BCUT2D eigenvalue weighted by Gasteiger charge is -2.20. The Hall–Kier alpha value is -2.14. The summed E-state index contributed by atoms with van der Waals surface area (Å²) in [5.74, 6) is 0.794. The summed E-state index contributed by atoms with van der Waals surface area (Å²) in [5, 5.41) is 14.7. The maximum absolute atomic E-state index is 12.0. The largest absolute Gasteiger partial charge is 0.490 e. The van der Waals surface area contributed by atoms with Gasteiger partial charge in [0.05, 0.1) is 12.2 Å². The summed E-state index contributed by atoms with van der Waals surface area (Å²) in [6, 6.07) is 7.29. The number of hydrogen-bond acceptors (Lipinski definition) is 4. The quantitative estimate of drug-likeness (QED) is 0.906. The van der Waals surface area contributed by atoms with Crippen molar-refractivity contribution in [3.8, 4) is 5.75 Å². The Morgan fingerprint density at radius 1 is 1.12 bits per heavy atom. The summed E-state index contributed by atoms with van der Waals surface area (Å²) in [6.45, 7) is 12.3. The smallest absolute Gasteiger partial charge is 0.266 e. The van der Waals surface area contributed by atoms with Gasteiger partial charge in [-0.25, -0.2) is 4.68 Å². The molecule has 0 saturated carbocycles. The fourth-order valence-corrected chi connectivity index (χ4v) is 2.56. The molecule has 0 fully saturated rings. The zero-order valence-electron chi connectivity index (χ0n) is 16.0. The van der Waals surface area contributed by atoms with Gasteiger partial charge >= 0.3 is 0 Å². The van der Waals surface area contributed by atoms with E-state index in [1.165, 1.54) is 10.7 Å². The maximum Gasteiger partial charge on any atom is 0.266 e. The summed E-state index contributed by atoms with van der Waals surface area (Å²) in [6.07, 6.45) is -0.820. The topological polar surface area (TPSA) is 64.3 Å². The Balaban J connectivity index is 2.10. The molecular weight excluding hydrogens is 316 g/mol. The second-order valence-electron chi connectivity index (χ2n) is 7.61. The minimum Gasteiger partial charge on any atom is -0.490 e. The molecule has 1 N–H and O–H groups in total. The van der Waals surface area contributed by atoms with Crippen LogP contribution in [-0.2, 0) is 12.0 Å². The Bertz CT molecular complexity index is 804. The van der Waals surface area contributed by atoms with Crippen LogP contribution in [0.4, 0.5) is 0 Å². The van der Waals surface area contributed by atoms with Crippen molar-refractivity contribution in [3.63, 3.8) is 0 Å². The summed E-state index contributed by atoms with van der Waals surface area (Å²) < 4.78 is 7.14. The van der Waals surface area contributed by atoms with Gasteiger partial charge in [-0.3, -0.25) is 4.79 Å². The number of aliphatic hydroxyl groups excluding tert-OH is 1. The van der Waals surface area contributed by atoms with Crippen molar-refractivity contribution in [2.75, 3.05) is 6.61 Å². The predicted molar refractivity (Wildman–Crippen MR) is 99.4 cm³/mol. The Labute approximate surface area is 149 Å². The van der Waals surface area contributed by atoms with Crippen LogP contribution in [0.15, 0.2) is 29.1 Å². The summed E-state index contributed by atoms with van der Waals surface area (Å²) >= 11 is 0. The van der Waals surface area contributed by atoms with Crippen molar-refractivity contribution in [2.45, 2.75) is 59.6 Å². The molecule has 5 nitrogen and oxygen atoms in total. The highest BCUT2D eigenvalue weighted by atomic mass is 16.5. The molecule has 5 heteroatoms. The Morgan fingerprint density at radius 3 is 2.40 bits per heavy atom. The first-order chi connectivity index (χ1) is 11.6. The van der Waals surface area contributed by atoms with Gasteiger partial charge in [-0.1, -0.05) is 32.9 Å². The number of nitrogens with zero attached hydrogens (tertiary/aromatic N) is 2. The van der Waals surface area contributed by atoms with Crippen LogP contribution >= 0.6 is 0 Å². The summed E-state index contributed by atoms with van der Waals surface area (Å²) in [7, 11) is 0. The SMILES string of the molecule is Cc1ccc(C)c(OC[C@@H](O)Cn2nc(C(C)(C)C)ccc2=O)c1C. The lowest BCUT2D eigenvalue weighted by molar-refractivity contribution is 0.0869. The highest BCUT2D eigenvalue weighted by molar-refractivity contribution is 5.44. The lowest BCUT2D eigenvalue weighted by atomic mass is 9.92. The third-order valence-electron chi connectivity index (χ3n) is 4.31. The number of rotatable bonds is 5. The first-order valence-corrected chi connectivity index (χ1v) is 8.56. The van der Waals surface area contributed by atoms with Crippen molar-refractivity contribution >= 4 is 0 Å². The highest BCUT2D eigenvalue weighted by Crippen LogP contribution is 2.25. The first kappa shape index (κ1) is 19.2. The van der Waals surface area contributed by atoms with Crippen molar-refractivity contribution < 1.29 is 9.84 Å². The van der Waals surface area contributed by atoms with E-state index < -0.39 is 6.10 Å². The summed E-state index contributed by atoms with van der Waals surface area (Å²) in [5.41, 5.74) is 3.66. The van der Waals surface area contributed by atoms with Crippen LogP contribution < -0.4 is 10.3 Å². The van der Waals surface area contributed by atoms with Crippen LogP contribution in [0.2, 0.25) is 0 Å². The van der Waals surface area contributed by atoms with Gasteiger partial charge in [-0.05, 0) is 43.5 Å². The summed E-state index contributed by atoms with van der Waals surface area (Å²) in [4.78, 5) is 12.0. The van der Waals surface area contributed by atoms with Gasteiger partial charge in [-0.2, -0.15) is 5.10 Å². The second-order valence-corrected chi connectivity index (χ2v) is 7.61. The molecule has 0 aliphatic rings. The van der Waals surface area contributed by atoms with Gasteiger partial charge in [0.25, 0.3) is 5.56 Å². The minimum absolute atomic E-state index is 0.104. The molecule has 1 aromatic carbocycles. The van der Waals surface area contributed by atoms with E-state index >= 15 is 0 Å². The van der Waals surface area contributed by atoms with E-state index in [1.807, 2.05) is 47.6 Å². The monoisotopic (exact) mass is 344 g/mol. The number of benzene rings is 1. The Morgan fingerprint density at radius 2 is 1.76 bits per heavy atom. The van der Waals surface area contributed by atoms with Crippen LogP contribution in [-0.4, -0.2) is 27.6 Å². The van der Waals surface area contributed by atoms with E-state index in [2.05, 4.69) is 11.2 Å². The average molecular weight is 344 g/mol. The average Bonchev–Trinajstić information content (AvgIpc) is 2.52. The van der Waals surface area contributed by atoms with Gasteiger partial charge < -0.3 is 9.84 Å². The van der Waals surface area contributed by atoms with E-state index in [1.54, 1.807) is 6.07 Å². The standard InChI is InChI=1S/C20H28N2O3/c1-13-7-8-14(2)19(15(13)3)25-12-16(23)11-22-18(24)10-9-17(21-22)20(4,5)6/h7-10,16,23H,11-12H2,1-6H3/t16-/m0/s1. The van der Waals surface area contributed by atoms with Gasteiger partial charge in [-0.15, -0.1) is 0 Å². The molecule has 2 rings (SSSR count). The molecular formula is C20H28N2O3. The maximum atomic E-state index is 12.0. The van der Waals surface area contributed by atoms with Crippen LogP contribution in [0.5, 0.6) is 5.75 Å². The molecule has 1 aromatic heterocycles. The molecule has 25 heavy (non-hydrogen) atoms. The van der Waals surface area contributed by atoms with Crippen molar-refractivity contribution in [1.29, 1.82) is 0 Å². The molecule has 1 atom stereocenters. The van der Waals surface area contributed by atoms with Crippen LogP contribution in [0.25, 0.3) is 0 Å². The van der Waals surface area contributed by atoms with Crippen LogP contribution in [0.1, 0.15) is 43.2 Å². The molecule has 0 aliphatic carbocycles. The molecule has 136 valence electrons. The van der Waals surface area contributed by atoms with Gasteiger partial charge in [0.15, 0.2) is 0 Å². The molecule has 0 radical (unpaired) electrons. The number of ether oxygens (including phenoxy) is 1. The molecule has 0 unspecified atom stereocenters. The van der Waals surface area contributed by atoms with E-state index in [4.69, 9.17) is 4.74 Å². The van der Waals surface area contributed by atoms with E-state index in [-0.39, 0.29) is 24.1 Å². The number of aryl methyl sites for hydroxylation is 2. The van der Waals surface area contributed by atoms with E-state index in [0.29, 0.717) is 0 Å². The Kier molecular flexibility index (Phi) is 5.68. The minimum atomic E-state index is -0.820. The second kappa shape index (κ2) is 7.40. The fraction of sp³-hybridized carbons (Fsp3) is 0.500. The van der Waals surface area contributed by atoms with Gasteiger partial charge in [0.1, 0.15) is 18.5 Å². The molecule has 0 amide bonds. The van der Waals surface area contributed by atoms with Crippen LogP contribution in [0.3, 0.4) is 0 Å². The first-order valence-electron chi connectivity index (χ1n) is 8.56. The molecule has 0 saturated heterocycles. The molecule has 0 bridgehead atoms. The molecule has 2 aromatic rings. The van der Waals surface area contributed by atoms with Crippen molar-refractivity contribution in [2.24, 2.45) is 0 Å². The van der Waals surface area contributed by atoms with Gasteiger partial charge in [0, 0.05) is 11.5 Å². The number of hydrogen-bond donors (Lipinski definition) is 1. The van der Waals surface area contributed by atoms with E-state index in [0.717, 1.165) is 28.1 Å². The van der Waals surface area contributed by atoms with Gasteiger partial charge in [0.2, 0.25) is 0 Å². The zero-order valence-corrected chi connectivity index (χ0v) is 16.0. The lowest BCUT2D eigenvalue weighted by Crippen LogP contribution is -2.33. The number of aromatic nitrogens is 2.